The molecule has 0 saturated carbocycles. The van der Waals surface area contributed by atoms with E-state index in [1.54, 1.807) is 6.07 Å². The lowest BCUT2D eigenvalue weighted by atomic mass is 10.2. The number of anilines is 1. The van der Waals surface area contributed by atoms with E-state index in [0.717, 1.165) is 30.1 Å². The fourth-order valence-corrected chi connectivity index (χ4v) is 4.90. The molecular weight excluding hydrogens is 412 g/mol. The van der Waals surface area contributed by atoms with Crippen LogP contribution < -0.4 is 15.5 Å². The molecule has 3 N–H and O–H groups in total. The molecule has 3 rings (SSSR count). The summed E-state index contributed by atoms with van der Waals surface area (Å²) in [7, 11) is 0. The Balaban J connectivity index is 1.54. The second-order valence-electron chi connectivity index (χ2n) is 6.50. The van der Waals surface area contributed by atoms with Gasteiger partial charge in [-0.3, -0.25) is 0 Å². The van der Waals surface area contributed by atoms with E-state index in [4.69, 9.17) is 11.6 Å². The number of nitrogens with zero attached hydrogens (tertiary/aromatic N) is 2. The average Bonchev–Trinajstić information content (AvgIpc) is 3.17. The molecule has 0 aliphatic carbocycles. The summed E-state index contributed by atoms with van der Waals surface area (Å²) in [6.45, 7) is 6.00. The molecule has 152 valence electrons. The molecule has 1 aliphatic rings. The minimum absolute atomic E-state index is 0.384. The zero-order valence-electron chi connectivity index (χ0n) is 16.0. The lowest BCUT2D eigenvalue weighted by Gasteiger charge is -2.28. The lowest BCUT2D eigenvalue weighted by molar-refractivity contribution is 0.184. The zero-order chi connectivity index (χ0) is 19.8. The predicted molar refractivity (Wildman–Crippen MR) is 123 cm³/mol. The minimum Gasteiger partial charge on any atom is -0.386 e. The third-order valence-corrected chi connectivity index (χ3v) is 6.74. The minimum atomic E-state index is -0.608. The molecule has 1 unspecified atom stereocenters. The fraction of sp³-hybridized carbons (Fsp3) is 0.450. The van der Waals surface area contributed by atoms with Gasteiger partial charge in [0.2, 0.25) is 0 Å². The van der Waals surface area contributed by atoms with Crippen molar-refractivity contribution in [2.45, 2.75) is 19.6 Å². The number of guanidine groups is 1. The van der Waals surface area contributed by atoms with E-state index in [9.17, 15) is 5.11 Å². The SMILES string of the molecule is CCNC(=NCc1ccc(N2CCSCC2)cc1)NCC(O)c1ccc(Cl)s1. The highest BCUT2D eigenvalue weighted by Gasteiger charge is 2.12. The molecule has 1 saturated heterocycles. The van der Waals surface area contributed by atoms with Gasteiger partial charge in [-0.2, -0.15) is 11.8 Å². The molecule has 1 aromatic heterocycles. The molecular formula is C20H27ClN4OS2. The van der Waals surface area contributed by atoms with Gasteiger partial charge < -0.3 is 20.6 Å². The van der Waals surface area contributed by atoms with Crippen molar-refractivity contribution < 1.29 is 5.11 Å². The summed E-state index contributed by atoms with van der Waals surface area (Å²) >= 11 is 9.36. The molecule has 0 amide bonds. The monoisotopic (exact) mass is 438 g/mol. The van der Waals surface area contributed by atoms with Crippen LogP contribution in [0.4, 0.5) is 5.69 Å². The average molecular weight is 439 g/mol. The maximum atomic E-state index is 10.3. The highest BCUT2D eigenvalue weighted by atomic mass is 35.5. The Kier molecular flexibility index (Phi) is 8.33. The normalized spacial score (nSPS) is 16.1. The van der Waals surface area contributed by atoms with E-state index in [-0.39, 0.29) is 0 Å². The fourth-order valence-electron chi connectivity index (χ4n) is 2.95. The van der Waals surface area contributed by atoms with E-state index in [1.165, 1.54) is 28.5 Å². The number of hydrogen-bond donors (Lipinski definition) is 3. The molecule has 0 bridgehead atoms. The number of thioether (sulfide) groups is 1. The molecule has 1 aliphatic heterocycles. The van der Waals surface area contributed by atoms with Crippen molar-refractivity contribution in [2.75, 3.05) is 42.6 Å². The summed E-state index contributed by atoms with van der Waals surface area (Å²) in [6.07, 6.45) is -0.608. The quantitative estimate of drug-likeness (QED) is 0.454. The van der Waals surface area contributed by atoms with Crippen molar-refractivity contribution in [2.24, 2.45) is 4.99 Å². The summed E-state index contributed by atoms with van der Waals surface area (Å²) in [5.41, 5.74) is 2.45. The smallest absolute Gasteiger partial charge is 0.191 e. The molecule has 2 aromatic rings. The van der Waals surface area contributed by atoms with Crippen LogP contribution in [0.1, 0.15) is 23.5 Å². The number of hydrogen-bond acceptors (Lipinski definition) is 5. The van der Waals surface area contributed by atoms with Crippen LogP contribution in [-0.4, -0.2) is 48.8 Å². The topological polar surface area (TPSA) is 59.9 Å². The summed E-state index contributed by atoms with van der Waals surface area (Å²) < 4.78 is 0.682. The molecule has 0 radical (unpaired) electrons. The zero-order valence-corrected chi connectivity index (χ0v) is 18.4. The first-order valence-electron chi connectivity index (χ1n) is 9.53. The second kappa shape index (κ2) is 11.0. The largest absolute Gasteiger partial charge is 0.386 e. The Bertz CT molecular complexity index is 760. The number of aliphatic imine (C=N–C) groups is 1. The second-order valence-corrected chi connectivity index (χ2v) is 9.47. The van der Waals surface area contributed by atoms with Crippen molar-refractivity contribution in [1.82, 2.24) is 10.6 Å². The van der Waals surface area contributed by atoms with Crippen LogP contribution in [0.5, 0.6) is 0 Å². The van der Waals surface area contributed by atoms with Gasteiger partial charge in [0.05, 0.1) is 10.9 Å². The van der Waals surface area contributed by atoms with Crippen molar-refractivity contribution in [3.63, 3.8) is 0 Å². The van der Waals surface area contributed by atoms with Gasteiger partial charge in [0, 0.05) is 48.2 Å². The number of aliphatic hydroxyl groups is 1. The Hall–Kier alpha value is -1.41. The Labute approximate surface area is 180 Å². The van der Waals surface area contributed by atoms with E-state index >= 15 is 0 Å². The molecule has 1 fully saturated rings. The molecule has 0 spiro atoms. The van der Waals surface area contributed by atoms with E-state index in [0.29, 0.717) is 23.4 Å². The van der Waals surface area contributed by atoms with Gasteiger partial charge in [0.25, 0.3) is 0 Å². The summed E-state index contributed by atoms with van der Waals surface area (Å²) in [6, 6.07) is 12.3. The van der Waals surface area contributed by atoms with E-state index in [1.807, 2.05) is 24.8 Å². The number of nitrogens with one attached hydrogen (secondary N) is 2. The van der Waals surface area contributed by atoms with Crippen molar-refractivity contribution >= 4 is 46.3 Å². The lowest BCUT2D eigenvalue weighted by Crippen LogP contribution is -2.39. The third-order valence-electron chi connectivity index (χ3n) is 4.46. The number of halogens is 1. The molecule has 5 nitrogen and oxygen atoms in total. The number of aliphatic hydroxyl groups excluding tert-OH is 1. The van der Waals surface area contributed by atoms with Gasteiger partial charge in [0.1, 0.15) is 6.10 Å². The van der Waals surface area contributed by atoms with Gasteiger partial charge in [-0.05, 0) is 36.8 Å². The van der Waals surface area contributed by atoms with E-state index in [2.05, 4.69) is 44.8 Å². The maximum Gasteiger partial charge on any atom is 0.191 e. The predicted octanol–water partition coefficient (Wildman–Crippen LogP) is 3.74. The maximum absolute atomic E-state index is 10.3. The van der Waals surface area contributed by atoms with Crippen molar-refractivity contribution in [3.05, 3.63) is 51.2 Å². The van der Waals surface area contributed by atoms with Crippen LogP contribution in [0.2, 0.25) is 4.34 Å². The standard InChI is InChI=1S/C20H27ClN4OS2/c1-2-22-20(24-14-17(26)18-7-8-19(21)28-18)23-13-15-3-5-16(6-4-15)25-9-11-27-12-10-25/h3-8,17,26H,2,9-14H2,1H3,(H2,22,23,24). The molecule has 28 heavy (non-hydrogen) atoms. The van der Waals surface area contributed by atoms with Crippen molar-refractivity contribution in [1.29, 1.82) is 0 Å². The van der Waals surface area contributed by atoms with E-state index < -0.39 is 6.10 Å². The Morgan fingerprint density at radius 1 is 1.18 bits per heavy atom. The van der Waals surface area contributed by atoms with Crippen LogP contribution in [0.25, 0.3) is 0 Å². The van der Waals surface area contributed by atoms with Crippen molar-refractivity contribution in [3.8, 4) is 0 Å². The number of thiophene rings is 1. The summed E-state index contributed by atoms with van der Waals surface area (Å²) in [5.74, 6) is 3.10. The first-order chi connectivity index (χ1) is 13.7. The van der Waals surface area contributed by atoms with Crippen LogP contribution in [0.3, 0.4) is 0 Å². The van der Waals surface area contributed by atoms with Crippen LogP contribution in [-0.2, 0) is 6.54 Å². The summed E-state index contributed by atoms with van der Waals surface area (Å²) in [5, 5.41) is 16.7. The molecule has 8 heteroatoms. The first-order valence-corrected chi connectivity index (χ1v) is 11.9. The Morgan fingerprint density at radius 2 is 1.93 bits per heavy atom. The third kappa shape index (κ3) is 6.30. The highest BCUT2D eigenvalue weighted by molar-refractivity contribution is 7.99. The van der Waals surface area contributed by atoms with Gasteiger partial charge in [0.15, 0.2) is 5.96 Å². The Morgan fingerprint density at radius 3 is 2.57 bits per heavy atom. The number of rotatable bonds is 7. The molecule has 1 aromatic carbocycles. The van der Waals surface area contributed by atoms with Gasteiger partial charge in [-0.25, -0.2) is 4.99 Å². The molecule has 2 heterocycles. The highest BCUT2D eigenvalue weighted by Crippen LogP contribution is 2.26. The van der Waals surface area contributed by atoms with Crippen LogP contribution in [0, 0.1) is 0 Å². The van der Waals surface area contributed by atoms with Gasteiger partial charge in [-0.1, -0.05) is 23.7 Å². The van der Waals surface area contributed by atoms with Gasteiger partial charge >= 0.3 is 0 Å². The van der Waals surface area contributed by atoms with Crippen LogP contribution in [0.15, 0.2) is 41.4 Å². The molecule has 1 atom stereocenters. The van der Waals surface area contributed by atoms with Gasteiger partial charge in [-0.15, -0.1) is 11.3 Å². The number of benzene rings is 1. The van der Waals surface area contributed by atoms with Crippen LogP contribution >= 0.6 is 34.7 Å². The summed E-state index contributed by atoms with van der Waals surface area (Å²) in [4.78, 5) is 7.93. The first kappa shape index (κ1) is 21.3.